The summed E-state index contributed by atoms with van der Waals surface area (Å²) in [6, 6.07) is 3.25. The molecule has 2 rings (SSSR count). The van der Waals surface area contributed by atoms with Gasteiger partial charge in [-0.2, -0.15) is 18.4 Å². The molecule has 0 amide bonds. The Morgan fingerprint density at radius 2 is 2.00 bits per heavy atom. The molecule has 1 aromatic rings. The molecule has 0 spiro atoms. The normalized spacial score (nSPS) is 25.2. The molecule has 4 nitrogen and oxygen atoms in total. The van der Waals surface area contributed by atoms with E-state index >= 15 is 0 Å². The van der Waals surface area contributed by atoms with Gasteiger partial charge in [-0.3, -0.25) is 0 Å². The van der Waals surface area contributed by atoms with Gasteiger partial charge in [-0.1, -0.05) is 26.3 Å². The topological polar surface area (TPSA) is 76.0 Å². The van der Waals surface area contributed by atoms with Gasteiger partial charge in [0.15, 0.2) is 0 Å². The molecule has 0 saturated carbocycles. The number of carboxylic acids is 1. The molecule has 28 heavy (non-hydrogen) atoms. The lowest BCUT2D eigenvalue weighted by molar-refractivity contribution is -0.322. The molecule has 0 aromatic heterocycles. The molecule has 0 fully saturated rings. The molecule has 8 heteroatoms. The number of hydrogen-bond donors (Lipinski definition) is 1. The van der Waals surface area contributed by atoms with Crippen LogP contribution in [0.4, 0.5) is 17.6 Å². The molecule has 3 atom stereocenters. The number of rotatable bonds is 5. The summed E-state index contributed by atoms with van der Waals surface area (Å²) >= 11 is 0. The van der Waals surface area contributed by atoms with Gasteiger partial charge in [-0.25, -0.2) is 4.39 Å². The Morgan fingerprint density at radius 3 is 2.46 bits per heavy atom. The van der Waals surface area contributed by atoms with E-state index in [1.807, 2.05) is 13.0 Å². The molecule has 1 aromatic carbocycles. The summed E-state index contributed by atoms with van der Waals surface area (Å²) in [5, 5.41) is 25.0. The summed E-state index contributed by atoms with van der Waals surface area (Å²) < 4.78 is 54.6. The highest BCUT2D eigenvalue weighted by Crippen LogP contribution is 2.53. The monoisotopic (exact) mass is 397 g/mol. The third-order valence-electron chi connectivity index (χ3n) is 5.51. The minimum atomic E-state index is -4.91. The highest BCUT2D eigenvalue weighted by atomic mass is 19.4. The number of carboxylic acid groups (broad SMARTS) is 1. The molecule has 1 aliphatic rings. The molecule has 1 heterocycles. The van der Waals surface area contributed by atoms with E-state index < -0.39 is 46.5 Å². The number of allylic oxidation sites excluding steroid dienone is 2. The number of benzene rings is 1. The smallest absolute Gasteiger partial charge is 0.416 e. The maximum Gasteiger partial charge on any atom is 0.416 e. The molecule has 3 unspecified atom stereocenters. The van der Waals surface area contributed by atoms with Crippen LogP contribution >= 0.6 is 0 Å². The Balaban J connectivity index is 2.92. The van der Waals surface area contributed by atoms with E-state index in [0.717, 1.165) is 12.1 Å². The van der Waals surface area contributed by atoms with Gasteiger partial charge in [-0.05, 0) is 37.5 Å². The number of halogens is 4. The Hall–Kier alpha value is -2.56. The first kappa shape index (κ1) is 21.7. The fraction of sp³-hybridized carbons (Fsp3) is 0.500. The summed E-state index contributed by atoms with van der Waals surface area (Å²) in [5.41, 5.74) is -3.31. The zero-order chi connectivity index (χ0) is 21.3. The van der Waals surface area contributed by atoms with Crippen LogP contribution in [-0.4, -0.2) is 12.0 Å². The highest BCUT2D eigenvalue weighted by Gasteiger charge is 2.53. The van der Waals surface area contributed by atoms with Gasteiger partial charge in [0.05, 0.1) is 23.2 Å². The number of hydrogen-bond acceptors (Lipinski definition) is 4. The number of nitriles is 1. The number of nitrogens with one attached hydrogen (secondary N) is 1. The molecule has 0 aliphatic carbocycles. The molecule has 0 saturated heterocycles. The van der Waals surface area contributed by atoms with Crippen molar-refractivity contribution < 1.29 is 27.5 Å². The molecular weight excluding hydrogens is 376 g/mol. The van der Waals surface area contributed by atoms with E-state index in [0.29, 0.717) is 24.6 Å². The second-order valence-corrected chi connectivity index (χ2v) is 6.98. The predicted octanol–water partition coefficient (Wildman–Crippen LogP) is 3.64. The van der Waals surface area contributed by atoms with Crippen molar-refractivity contribution in [2.24, 2.45) is 5.41 Å². The van der Waals surface area contributed by atoms with E-state index in [9.17, 15) is 32.7 Å². The van der Waals surface area contributed by atoms with Crippen LogP contribution in [0.15, 0.2) is 29.5 Å². The number of nitrogens with zero attached hydrogens (tertiary/aromatic N) is 1. The lowest BCUT2D eigenvalue weighted by Gasteiger charge is -2.51. The molecule has 1 aliphatic heterocycles. The SMILES string of the molecule is CCCC1NC(C)=C(C#N)C(c2ccc(F)cc2C(F)(F)F)C1(CC)C(=O)[O-]. The Morgan fingerprint density at radius 1 is 1.36 bits per heavy atom. The van der Waals surface area contributed by atoms with E-state index in [1.54, 1.807) is 6.92 Å². The van der Waals surface area contributed by atoms with Crippen molar-refractivity contribution in [3.8, 4) is 6.07 Å². The molecule has 1 N–H and O–H groups in total. The van der Waals surface area contributed by atoms with Crippen molar-refractivity contribution in [2.75, 3.05) is 0 Å². The maximum absolute atomic E-state index is 13.7. The summed E-state index contributed by atoms with van der Waals surface area (Å²) in [7, 11) is 0. The predicted molar refractivity (Wildman–Crippen MR) is 92.0 cm³/mol. The average molecular weight is 397 g/mol. The van der Waals surface area contributed by atoms with E-state index in [1.165, 1.54) is 6.92 Å². The van der Waals surface area contributed by atoms with E-state index in [4.69, 9.17) is 0 Å². The quantitative estimate of drug-likeness (QED) is 0.770. The Bertz CT molecular complexity index is 842. The number of aliphatic carboxylic acids is 1. The molecule has 0 radical (unpaired) electrons. The lowest BCUT2D eigenvalue weighted by Crippen LogP contribution is -2.60. The van der Waals surface area contributed by atoms with Gasteiger partial charge in [0.1, 0.15) is 5.82 Å². The Kier molecular flexibility index (Phi) is 6.07. The van der Waals surface area contributed by atoms with Crippen molar-refractivity contribution in [2.45, 2.75) is 58.2 Å². The maximum atomic E-state index is 13.7. The lowest BCUT2D eigenvalue weighted by atomic mass is 9.59. The van der Waals surface area contributed by atoms with Gasteiger partial charge in [0.25, 0.3) is 0 Å². The van der Waals surface area contributed by atoms with Crippen molar-refractivity contribution in [3.63, 3.8) is 0 Å². The van der Waals surface area contributed by atoms with Crippen LogP contribution in [0, 0.1) is 22.6 Å². The van der Waals surface area contributed by atoms with Gasteiger partial charge in [0, 0.05) is 23.1 Å². The van der Waals surface area contributed by atoms with Crippen LogP contribution in [0.1, 0.15) is 57.1 Å². The standard InChI is InChI=1S/C20H22F4N2O2/c1-4-6-16-19(5-2,18(27)28)17(14(10-25)11(3)26-16)13-8-7-12(21)9-15(13)20(22,23)24/h7-9,16-17,26H,4-6H2,1-3H3,(H,27,28)/p-1. The van der Waals surface area contributed by atoms with Gasteiger partial charge >= 0.3 is 6.18 Å². The van der Waals surface area contributed by atoms with Gasteiger partial charge in [-0.15, -0.1) is 0 Å². The van der Waals surface area contributed by atoms with Crippen LogP contribution < -0.4 is 10.4 Å². The highest BCUT2D eigenvalue weighted by molar-refractivity contribution is 5.78. The average Bonchev–Trinajstić information content (AvgIpc) is 2.61. The van der Waals surface area contributed by atoms with Crippen LogP contribution in [-0.2, 0) is 11.0 Å². The zero-order valence-electron chi connectivity index (χ0n) is 15.8. The van der Waals surface area contributed by atoms with E-state index in [2.05, 4.69) is 5.32 Å². The third kappa shape index (κ3) is 3.46. The third-order valence-corrected chi connectivity index (χ3v) is 5.51. The van der Waals surface area contributed by atoms with E-state index in [-0.39, 0.29) is 12.0 Å². The molecule has 152 valence electrons. The summed E-state index contributed by atoms with van der Waals surface area (Å²) in [4.78, 5) is 12.3. The van der Waals surface area contributed by atoms with Crippen LogP contribution in [0.2, 0.25) is 0 Å². The minimum absolute atomic E-state index is 0.0647. The fourth-order valence-corrected chi connectivity index (χ4v) is 4.22. The van der Waals surface area contributed by atoms with Gasteiger partial charge in [0.2, 0.25) is 0 Å². The second-order valence-electron chi connectivity index (χ2n) is 6.98. The fourth-order valence-electron chi connectivity index (χ4n) is 4.22. The van der Waals surface area contributed by atoms with Gasteiger partial charge < -0.3 is 15.2 Å². The first-order chi connectivity index (χ1) is 13.0. The molecule has 0 bridgehead atoms. The number of alkyl halides is 3. The van der Waals surface area contributed by atoms with Crippen molar-refractivity contribution >= 4 is 5.97 Å². The number of carbonyl (C=O) groups excluding carboxylic acids is 1. The van der Waals surface area contributed by atoms with Crippen LogP contribution in [0.3, 0.4) is 0 Å². The number of carbonyl (C=O) groups is 1. The largest absolute Gasteiger partial charge is 0.549 e. The van der Waals surface area contributed by atoms with Crippen molar-refractivity contribution in [1.29, 1.82) is 5.26 Å². The first-order valence-electron chi connectivity index (χ1n) is 9.00. The molecular formula is C20H21F4N2O2-. The van der Waals surface area contributed by atoms with Crippen molar-refractivity contribution in [1.82, 2.24) is 5.32 Å². The summed E-state index contributed by atoms with van der Waals surface area (Å²) in [5.74, 6) is -4.05. The Labute approximate surface area is 160 Å². The summed E-state index contributed by atoms with van der Waals surface area (Å²) in [6.45, 7) is 4.89. The first-order valence-corrected chi connectivity index (χ1v) is 9.00. The zero-order valence-corrected chi connectivity index (χ0v) is 15.8. The summed E-state index contributed by atoms with van der Waals surface area (Å²) in [6.07, 6.45) is -4.05. The van der Waals surface area contributed by atoms with Crippen LogP contribution in [0.25, 0.3) is 0 Å². The van der Waals surface area contributed by atoms with Crippen molar-refractivity contribution in [3.05, 3.63) is 46.4 Å². The van der Waals surface area contributed by atoms with Crippen LogP contribution in [0.5, 0.6) is 0 Å². The second kappa shape index (κ2) is 7.82. The minimum Gasteiger partial charge on any atom is -0.549 e.